The predicted octanol–water partition coefficient (Wildman–Crippen LogP) is 19.8. The zero-order valence-corrected chi connectivity index (χ0v) is 51.0. The lowest BCUT2D eigenvalue weighted by molar-refractivity contribution is -0.870. The molecule has 9 heteroatoms. The first-order chi connectivity index (χ1) is 35.5. The zero-order valence-electron chi connectivity index (χ0n) is 50.1. The fourth-order valence-corrected chi connectivity index (χ4v) is 11.2. The van der Waals surface area contributed by atoms with Crippen LogP contribution < -0.4 is 10.2 Å². The highest BCUT2D eigenvalue weighted by Crippen LogP contribution is 2.38. The molecule has 0 rings (SSSR count). The van der Waals surface area contributed by atoms with E-state index in [4.69, 9.17) is 9.05 Å². The highest BCUT2D eigenvalue weighted by Gasteiger charge is 2.24. The molecule has 0 aliphatic carbocycles. The summed E-state index contributed by atoms with van der Waals surface area (Å²) in [6, 6.07) is -0.796. The standard InChI is InChI=1S/C64H131N2O6P/c1-6-8-10-12-14-16-18-20-22-24-26-28-30-32-33-34-35-37-39-41-43-45-47-49-51-53-55-57-63(67)62(61-72-73(69,70)71-60-59-66(3,4)5)65-64(68)58-56-54-52-50-48-46-44-42-40-38-36-31-29-27-25-23-21-19-17-15-13-11-9-7-2/h62-63,67H,6-61H2,1-5H3,(H-,65,68,69,70). The van der Waals surface area contributed by atoms with Crippen LogP contribution in [0.1, 0.15) is 354 Å². The molecule has 8 nitrogen and oxygen atoms in total. The Hall–Kier alpha value is -0.500. The van der Waals surface area contributed by atoms with Crippen molar-refractivity contribution in [3.8, 4) is 0 Å². The van der Waals surface area contributed by atoms with Crippen molar-refractivity contribution in [3.05, 3.63) is 0 Å². The van der Waals surface area contributed by atoms with Crippen LogP contribution in [0, 0.1) is 0 Å². The molecule has 0 aromatic heterocycles. The van der Waals surface area contributed by atoms with Gasteiger partial charge < -0.3 is 28.8 Å². The maximum atomic E-state index is 13.0. The molecular weight excluding hydrogens is 924 g/mol. The largest absolute Gasteiger partial charge is 0.756 e. The summed E-state index contributed by atoms with van der Waals surface area (Å²) in [5, 5.41) is 14.1. The van der Waals surface area contributed by atoms with Crippen molar-refractivity contribution in [1.29, 1.82) is 0 Å². The number of phosphoric ester groups is 1. The number of phosphoric acid groups is 1. The minimum absolute atomic E-state index is 0.0169. The van der Waals surface area contributed by atoms with Gasteiger partial charge in [0.2, 0.25) is 5.91 Å². The number of quaternary nitrogens is 1. The van der Waals surface area contributed by atoms with Crippen LogP contribution >= 0.6 is 7.82 Å². The van der Waals surface area contributed by atoms with Crippen LogP contribution in [0.4, 0.5) is 0 Å². The third-order valence-electron chi connectivity index (χ3n) is 15.6. The lowest BCUT2D eigenvalue weighted by Crippen LogP contribution is -2.46. The lowest BCUT2D eigenvalue weighted by atomic mass is 10.0. The Balaban J connectivity index is 4.03. The first-order valence-corrected chi connectivity index (χ1v) is 34.3. The van der Waals surface area contributed by atoms with Crippen LogP contribution in [-0.4, -0.2) is 68.5 Å². The quantitative estimate of drug-likeness (QED) is 0.0357. The second kappa shape index (κ2) is 56.2. The van der Waals surface area contributed by atoms with Crippen molar-refractivity contribution in [3.63, 3.8) is 0 Å². The van der Waals surface area contributed by atoms with Gasteiger partial charge in [-0.1, -0.05) is 335 Å². The van der Waals surface area contributed by atoms with Crippen molar-refractivity contribution in [1.82, 2.24) is 5.32 Å². The zero-order chi connectivity index (χ0) is 53.5. The molecule has 73 heavy (non-hydrogen) atoms. The van der Waals surface area contributed by atoms with Crippen molar-refractivity contribution >= 4 is 13.7 Å². The van der Waals surface area contributed by atoms with Gasteiger partial charge in [0.15, 0.2) is 0 Å². The minimum atomic E-state index is -4.57. The average Bonchev–Trinajstić information content (AvgIpc) is 3.35. The molecule has 0 aromatic rings. The van der Waals surface area contributed by atoms with Gasteiger partial charge in [0.1, 0.15) is 13.2 Å². The summed E-state index contributed by atoms with van der Waals surface area (Å²) in [4.78, 5) is 25.6. The van der Waals surface area contributed by atoms with E-state index in [0.29, 0.717) is 23.9 Å². The fourth-order valence-electron chi connectivity index (χ4n) is 10.5. The fraction of sp³-hybridized carbons (Fsp3) is 0.984. The van der Waals surface area contributed by atoms with Gasteiger partial charge in [-0.25, -0.2) is 0 Å². The number of carbonyl (C=O) groups is 1. The van der Waals surface area contributed by atoms with Crippen molar-refractivity contribution < 1.29 is 32.9 Å². The van der Waals surface area contributed by atoms with Crippen LogP contribution in [0.3, 0.4) is 0 Å². The summed E-state index contributed by atoms with van der Waals surface area (Å²) >= 11 is 0. The van der Waals surface area contributed by atoms with E-state index in [1.165, 1.54) is 289 Å². The summed E-state index contributed by atoms with van der Waals surface area (Å²) in [6.07, 6.45) is 68.8. The molecule has 0 radical (unpaired) electrons. The van der Waals surface area contributed by atoms with E-state index in [1.807, 2.05) is 21.1 Å². The second-order valence-corrected chi connectivity index (χ2v) is 25.6. The van der Waals surface area contributed by atoms with E-state index >= 15 is 0 Å². The average molecular weight is 1060 g/mol. The molecule has 0 aliphatic heterocycles. The summed E-state index contributed by atoms with van der Waals surface area (Å²) in [5.74, 6) is -0.154. The maximum Gasteiger partial charge on any atom is 0.268 e. The summed E-state index contributed by atoms with van der Waals surface area (Å²) < 4.78 is 23.5. The molecule has 0 saturated heterocycles. The molecule has 0 spiro atoms. The van der Waals surface area contributed by atoms with Crippen LogP contribution in [0.25, 0.3) is 0 Å². The van der Waals surface area contributed by atoms with Gasteiger partial charge in [-0.3, -0.25) is 9.36 Å². The summed E-state index contributed by atoms with van der Waals surface area (Å²) in [7, 11) is 1.33. The molecule has 0 fully saturated rings. The first-order valence-electron chi connectivity index (χ1n) is 32.9. The highest BCUT2D eigenvalue weighted by atomic mass is 31.2. The normalized spacial score (nSPS) is 13.7. The van der Waals surface area contributed by atoms with E-state index in [2.05, 4.69) is 19.2 Å². The third kappa shape index (κ3) is 59.0. The van der Waals surface area contributed by atoms with Gasteiger partial charge in [0.25, 0.3) is 7.82 Å². The number of hydrogen-bond acceptors (Lipinski definition) is 6. The van der Waals surface area contributed by atoms with E-state index in [9.17, 15) is 19.4 Å². The molecule has 3 unspecified atom stereocenters. The number of nitrogens with one attached hydrogen (secondary N) is 1. The Labute approximate surface area is 457 Å². The number of amides is 1. The molecule has 0 saturated carbocycles. The van der Waals surface area contributed by atoms with Gasteiger partial charge in [-0.15, -0.1) is 0 Å². The van der Waals surface area contributed by atoms with Gasteiger partial charge in [0, 0.05) is 6.42 Å². The van der Waals surface area contributed by atoms with E-state index < -0.39 is 20.0 Å². The van der Waals surface area contributed by atoms with E-state index in [0.717, 1.165) is 38.5 Å². The van der Waals surface area contributed by atoms with Crippen molar-refractivity contribution in [2.24, 2.45) is 0 Å². The SMILES string of the molecule is CCCCCCCCCCCCCCCCCCCCCCCCCCCCCC(O)C(COP(=O)([O-])OCC[N+](C)(C)C)NC(=O)CCCCCCCCCCCCCCCCCCCCCCCCCC. The monoisotopic (exact) mass is 1050 g/mol. The van der Waals surface area contributed by atoms with Gasteiger partial charge in [-0.05, 0) is 12.8 Å². The smallest absolute Gasteiger partial charge is 0.268 e. The van der Waals surface area contributed by atoms with Crippen molar-refractivity contribution in [2.75, 3.05) is 40.9 Å². The Morgan fingerprint density at radius 3 is 0.932 bits per heavy atom. The number of hydrogen-bond donors (Lipinski definition) is 2. The molecule has 438 valence electrons. The Morgan fingerprint density at radius 1 is 0.425 bits per heavy atom. The molecule has 0 aromatic carbocycles. The molecule has 0 heterocycles. The highest BCUT2D eigenvalue weighted by molar-refractivity contribution is 7.45. The maximum absolute atomic E-state index is 13.0. The lowest BCUT2D eigenvalue weighted by Gasteiger charge is -2.30. The Kier molecular flexibility index (Phi) is 55.8. The molecule has 3 atom stereocenters. The number of rotatable bonds is 62. The predicted molar refractivity (Wildman–Crippen MR) is 316 cm³/mol. The summed E-state index contributed by atoms with van der Waals surface area (Å²) in [6.45, 7) is 4.80. The molecule has 1 amide bonds. The summed E-state index contributed by atoms with van der Waals surface area (Å²) in [5.41, 5.74) is 0. The number of aliphatic hydroxyl groups is 1. The minimum Gasteiger partial charge on any atom is -0.756 e. The second-order valence-electron chi connectivity index (χ2n) is 24.2. The van der Waals surface area contributed by atoms with Gasteiger partial charge in [0.05, 0.1) is 39.9 Å². The third-order valence-corrected chi connectivity index (χ3v) is 16.6. The molecule has 0 bridgehead atoms. The molecular formula is C64H131N2O6P. The number of nitrogens with zero attached hydrogens (tertiary/aromatic N) is 1. The van der Waals surface area contributed by atoms with Crippen LogP contribution in [0.15, 0.2) is 0 Å². The Bertz CT molecular complexity index is 1150. The molecule has 0 aliphatic rings. The first kappa shape index (κ1) is 72.5. The van der Waals surface area contributed by atoms with Crippen LogP contribution in [0.2, 0.25) is 0 Å². The number of likely N-dealkylation sites (N-methyl/N-ethyl adjacent to an activating group) is 1. The number of aliphatic hydroxyl groups excluding tert-OH is 1. The van der Waals surface area contributed by atoms with Gasteiger partial charge in [-0.2, -0.15) is 0 Å². The van der Waals surface area contributed by atoms with Gasteiger partial charge >= 0.3 is 0 Å². The van der Waals surface area contributed by atoms with Crippen molar-refractivity contribution in [2.45, 2.75) is 366 Å². The number of unbranched alkanes of at least 4 members (excludes halogenated alkanes) is 49. The van der Waals surface area contributed by atoms with Crippen LogP contribution in [0.5, 0.6) is 0 Å². The molecule has 2 N–H and O–H groups in total. The van der Waals surface area contributed by atoms with E-state index in [1.54, 1.807) is 0 Å². The Morgan fingerprint density at radius 2 is 0.671 bits per heavy atom. The van der Waals surface area contributed by atoms with E-state index in [-0.39, 0.29) is 19.1 Å². The number of carbonyl (C=O) groups excluding carboxylic acids is 1. The topological polar surface area (TPSA) is 108 Å². The van der Waals surface area contributed by atoms with Crippen LogP contribution in [-0.2, 0) is 18.4 Å².